The van der Waals surface area contributed by atoms with Crippen LogP contribution in [-0.2, 0) is 4.79 Å². The highest BCUT2D eigenvalue weighted by Crippen LogP contribution is 2.29. The number of anilines is 1. The summed E-state index contributed by atoms with van der Waals surface area (Å²) in [5, 5.41) is 0. The normalized spacial score (nSPS) is 19.0. The van der Waals surface area contributed by atoms with Gasteiger partial charge in [0.25, 0.3) is 0 Å². The molecule has 0 saturated carbocycles. The quantitative estimate of drug-likeness (QED) is 0.834. The van der Waals surface area contributed by atoms with E-state index in [0.29, 0.717) is 5.92 Å². The lowest BCUT2D eigenvalue weighted by atomic mass is 9.98. The first kappa shape index (κ1) is 13.9. The average molecular weight is 260 g/mol. The fraction of sp³-hybridized carbons (Fsp3) is 0.562. The van der Waals surface area contributed by atoms with E-state index in [1.165, 1.54) is 11.3 Å². The maximum atomic E-state index is 12.0. The number of hydrogen-bond donors (Lipinski definition) is 0. The first-order valence-corrected chi connectivity index (χ1v) is 7.05. The maximum absolute atomic E-state index is 12.0. The molecule has 0 spiro atoms. The SMILES string of the molecule is CC(C)C(=O)N1CCC(c2ccc(N(C)C)cc2)C1. The van der Waals surface area contributed by atoms with Gasteiger partial charge < -0.3 is 9.80 Å². The van der Waals surface area contributed by atoms with Crippen LogP contribution in [0.25, 0.3) is 0 Å². The van der Waals surface area contributed by atoms with E-state index in [0.717, 1.165) is 19.5 Å². The smallest absolute Gasteiger partial charge is 0.225 e. The van der Waals surface area contributed by atoms with Gasteiger partial charge in [0.05, 0.1) is 0 Å². The van der Waals surface area contributed by atoms with Crippen LogP contribution in [0.15, 0.2) is 24.3 Å². The van der Waals surface area contributed by atoms with E-state index in [1.54, 1.807) is 0 Å². The molecule has 1 aliphatic rings. The van der Waals surface area contributed by atoms with Gasteiger partial charge in [-0.2, -0.15) is 0 Å². The first-order valence-electron chi connectivity index (χ1n) is 7.05. The molecule has 2 rings (SSSR count). The summed E-state index contributed by atoms with van der Waals surface area (Å²) in [4.78, 5) is 16.1. The van der Waals surface area contributed by atoms with Crippen molar-refractivity contribution in [3.8, 4) is 0 Å². The van der Waals surface area contributed by atoms with Gasteiger partial charge in [0.1, 0.15) is 0 Å². The van der Waals surface area contributed by atoms with E-state index in [4.69, 9.17) is 0 Å². The van der Waals surface area contributed by atoms with Crippen molar-refractivity contribution >= 4 is 11.6 Å². The van der Waals surface area contributed by atoms with Gasteiger partial charge in [0, 0.05) is 44.7 Å². The zero-order valence-electron chi connectivity index (χ0n) is 12.4. The summed E-state index contributed by atoms with van der Waals surface area (Å²) in [6.45, 7) is 5.72. The van der Waals surface area contributed by atoms with Gasteiger partial charge in [0.2, 0.25) is 5.91 Å². The second-order valence-electron chi connectivity index (χ2n) is 5.91. The average Bonchev–Trinajstić information content (AvgIpc) is 2.87. The summed E-state index contributed by atoms with van der Waals surface area (Å²) in [6.07, 6.45) is 1.08. The van der Waals surface area contributed by atoms with Crippen LogP contribution in [-0.4, -0.2) is 38.0 Å². The molecule has 1 atom stereocenters. The van der Waals surface area contributed by atoms with Crippen LogP contribution < -0.4 is 4.90 Å². The van der Waals surface area contributed by atoms with Crippen LogP contribution >= 0.6 is 0 Å². The number of amides is 1. The molecule has 3 nitrogen and oxygen atoms in total. The summed E-state index contributed by atoms with van der Waals surface area (Å²) in [6, 6.07) is 8.71. The molecule has 1 saturated heterocycles. The molecule has 1 aliphatic heterocycles. The Balaban J connectivity index is 2.02. The molecular formula is C16H24N2O. The number of carbonyl (C=O) groups is 1. The monoisotopic (exact) mass is 260 g/mol. The van der Waals surface area contributed by atoms with E-state index in [-0.39, 0.29) is 11.8 Å². The molecule has 1 amide bonds. The first-order chi connectivity index (χ1) is 8.99. The Morgan fingerprint density at radius 3 is 2.42 bits per heavy atom. The molecule has 19 heavy (non-hydrogen) atoms. The number of rotatable bonds is 3. The van der Waals surface area contributed by atoms with Gasteiger partial charge >= 0.3 is 0 Å². The van der Waals surface area contributed by atoms with Crippen LogP contribution in [0.5, 0.6) is 0 Å². The van der Waals surface area contributed by atoms with Crippen LogP contribution in [0.2, 0.25) is 0 Å². The molecule has 1 heterocycles. The fourth-order valence-electron chi connectivity index (χ4n) is 2.64. The van der Waals surface area contributed by atoms with E-state index < -0.39 is 0 Å². The zero-order chi connectivity index (χ0) is 14.0. The Labute approximate surface area is 116 Å². The summed E-state index contributed by atoms with van der Waals surface area (Å²) in [5.74, 6) is 0.890. The lowest BCUT2D eigenvalue weighted by Crippen LogP contribution is -2.31. The second-order valence-corrected chi connectivity index (χ2v) is 5.91. The fourth-order valence-corrected chi connectivity index (χ4v) is 2.64. The van der Waals surface area contributed by atoms with Crippen LogP contribution in [0.3, 0.4) is 0 Å². The van der Waals surface area contributed by atoms with E-state index in [2.05, 4.69) is 29.2 Å². The highest BCUT2D eigenvalue weighted by molar-refractivity contribution is 5.78. The van der Waals surface area contributed by atoms with Crippen LogP contribution in [0.4, 0.5) is 5.69 Å². The second kappa shape index (κ2) is 5.64. The number of nitrogens with zero attached hydrogens (tertiary/aromatic N) is 2. The van der Waals surface area contributed by atoms with Crippen molar-refractivity contribution in [2.75, 3.05) is 32.1 Å². The van der Waals surface area contributed by atoms with E-state index >= 15 is 0 Å². The minimum Gasteiger partial charge on any atom is -0.378 e. The van der Waals surface area contributed by atoms with Gasteiger partial charge in [-0.25, -0.2) is 0 Å². The Morgan fingerprint density at radius 2 is 1.89 bits per heavy atom. The van der Waals surface area contributed by atoms with Crippen molar-refractivity contribution in [3.05, 3.63) is 29.8 Å². The van der Waals surface area contributed by atoms with Crippen LogP contribution in [0, 0.1) is 5.92 Å². The lowest BCUT2D eigenvalue weighted by Gasteiger charge is -2.19. The Bertz CT molecular complexity index is 437. The van der Waals surface area contributed by atoms with Crippen molar-refractivity contribution in [2.45, 2.75) is 26.2 Å². The summed E-state index contributed by atoms with van der Waals surface area (Å²) in [5.41, 5.74) is 2.57. The summed E-state index contributed by atoms with van der Waals surface area (Å²) in [7, 11) is 4.10. The molecular weight excluding hydrogens is 236 g/mol. The van der Waals surface area contributed by atoms with Gasteiger partial charge in [-0.15, -0.1) is 0 Å². The molecule has 0 bridgehead atoms. The van der Waals surface area contributed by atoms with Crippen molar-refractivity contribution in [1.29, 1.82) is 0 Å². The molecule has 0 radical (unpaired) electrons. The number of hydrogen-bond acceptors (Lipinski definition) is 2. The molecule has 0 aromatic heterocycles. The highest BCUT2D eigenvalue weighted by Gasteiger charge is 2.28. The number of carbonyl (C=O) groups excluding carboxylic acids is 1. The van der Waals surface area contributed by atoms with Crippen molar-refractivity contribution < 1.29 is 4.79 Å². The van der Waals surface area contributed by atoms with Gasteiger partial charge in [-0.3, -0.25) is 4.79 Å². The molecule has 104 valence electrons. The molecule has 1 unspecified atom stereocenters. The molecule has 1 aromatic rings. The third-order valence-corrected chi connectivity index (χ3v) is 3.87. The topological polar surface area (TPSA) is 23.6 Å². The Kier molecular flexibility index (Phi) is 4.13. The number of likely N-dealkylation sites (tertiary alicyclic amines) is 1. The maximum Gasteiger partial charge on any atom is 0.225 e. The lowest BCUT2D eigenvalue weighted by molar-refractivity contribution is -0.133. The molecule has 0 aliphatic carbocycles. The molecule has 1 aromatic carbocycles. The van der Waals surface area contributed by atoms with Gasteiger partial charge in [-0.05, 0) is 24.1 Å². The minimum atomic E-state index is 0.106. The van der Waals surface area contributed by atoms with Gasteiger partial charge in [-0.1, -0.05) is 26.0 Å². The van der Waals surface area contributed by atoms with Crippen molar-refractivity contribution in [2.24, 2.45) is 5.92 Å². The Hall–Kier alpha value is -1.51. The standard InChI is InChI=1S/C16H24N2O/c1-12(2)16(19)18-10-9-14(11-18)13-5-7-15(8-6-13)17(3)4/h5-8,12,14H,9-11H2,1-4H3. The van der Waals surface area contributed by atoms with Gasteiger partial charge in [0.15, 0.2) is 0 Å². The Morgan fingerprint density at radius 1 is 1.26 bits per heavy atom. The van der Waals surface area contributed by atoms with E-state index in [1.807, 2.05) is 32.8 Å². The van der Waals surface area contributed by atoms with Crippen LogP contribution in [0.1, 0.15) is 31.7 Å². The molecule has 1 fully saturated rings. The molecule has 0 N–H and O–H groups in total. The van der Waals surface area contributed by atoms with Crippen molar-refractivity contribution in [3.63, 3.8) is 0 Å². The predicted octanol–water partition coefficient (Wildman–Crippen LogP) is 2.72. The number of benzene rings is 1. The zero-order valence-corrected chi connectivity index (χ0v) is 12.4. The molecule has 3 heteroatoms. The summed E-state index contributed by atoms with van der Waals surface area (Å²) < 4.78 is 0. The van der Waals surface area contributed by atoms with E-state index in [9.17, 15) is 4.79 Å². The third kappa shape index (κ3) is 3.09. The van der Waals surface area contributed by atoms with Crippen molar-refractivity contribution in [1.82, 2.24) is 4.90 Å². The largest absolute Gasteiger partial charge is 0.378 e. The minimum absolute atomic E-state index is 0.106. The predicted molar refractivity (Wildman–Crippen MR) is 79.5 cm³/mol. The highest BCUT2D eigenvalue weighted by atomic mass is 16.2. The third-order valence-electron chi connectivity index (χ3n) is 3.87. The summed E-state index contributed by atoms with van der Waals surface area (Å²) >= 11 is 0.